The van der Waals surface area contributed by atoms with Gasteiger partial charge in [-0.15, -0.1) is 0 Å². The molecule has 0 amide bonds. The molecule has 2 rings (SSSR count). The quantitative estimate of drug-likeness (QED) is 0.826. The number of ether oxygens (including phenoxy) is 2. The fourth-order valence-electron chi connectivity index (χ4n) is 1.94. The minimum Gasteiger partial charge on any atom is -0.508 e. The Morgan fingerprint density at radius 2 is 1.90 bits per heavy atom. The number of rotatable bonds is 5. The van der Waals surface area contributed by atoms with Crippen LogP contribution in [0.1, 0.15) is 11.5 Å². The number of phenolic OH excluding ortho intramolecular Hbond substituents is 2. The normalized spacial score (nSPS) is 11.7. The van der Waals surface area contributed by atoms with Crippen LogP contribution in [0.25, 0.3) is 0 Å². The van der Waals surface area contributed by atoms with Crippen molar-refractivity contribution in [2.75, 3.05) is 13.7 Å². The molecule has 0 aliphatic heterocycles. The number of hydrogen-bond acceptors (Lipinski definition) is 5. The Kier molecular flexibility index (Phi) is 4.66. The summed E-state index contributed by atoms with van der Waals surface area (Å²) in [5, 5.41) is 19.2. The first kappa shape index (κ1) is 14.7. The predicted octanol–water partition coefficient (Wildman–Crippen LogP) is 2.43. The second-order valence-electron chi connectivity index (χ2n) is 4.45. The molecule has 2 aromatic rings. The van der Waals surface area contributed by atoms with Gasteiger partial charge in [0, 0.05) is 0 Å². The molecule has 1 atom stereocenters. The average Bonchev–Trinajstić information content (AvgIpc) is 2.49. The maximum Gasteiger partial charge on any atom is 0.316 e. The minimum atomic E-state index is -0.693. The summed E-state index contributed by atoms with van der Waals surface area (Å²) >= 11 is 0. The zero-order valence-corrected chi connectivity index (χ0v) is 11.5. The van der Waals surface area contributed by atoms with E-state index in [9.17, 15) is 15.0 Å². The molecule has 0 aliphatic rings. The van der Waals surface area contributed by atoms with Crippen LogP contribution in [-0.2, 0) is 9.53 Å². The molecule has 2 aromatic carbocycles. The van der Waals surface area contributed by atoms with Gasteiger partial charge in [0.05, 0.1) is 7.11 Å². The van der Waals surface area contributed by atoms with Crippen LogP contribution in [0.15, 0.2) is 48.5 Å². The fraction of sp³-hybridized carbons (Fsp3) is 0.188. The van der Waals surface area contributed by atoms with Gasteiger partial charge in [-0.1, -0.05) is 24.3 Å². The monoisotopic (exact) mass is 288 g/mol. The van der Waals surface area contributed by atoms with Crippen molar-refractivity contribution < 1.29 is 24.5 Å². The van der Waals surface area contributed by atoms with Crippen molar-refractivity contribution in [2.45, 2.75) is 5.92 Å². The SMILES string of the molecule is COC(=O)C(COc1ccccc1O)c1cccc(O)c1. The summed E-state index contributed by atoms with van der Waals surface area (Å²) in [5.74, 6) is -0.828. The topological polar surface area (TPSA) is 76.0 Å². The lowest BCUT2D eigenvalue weighted by Gasteiger charge is -2.16. The average molecular weight is 288 g/mol. The molecule has 0 radical (unpaired) electrons. The molecule has 0 aliphatic carbocycles. The summed E-state index contributed by atoms with van der Waals surface area (Å²) in [6.07, 6.45) is 0. The van der Waals surface area contributed by atoms with Crippen LogP contribution in [0.5, 0.6) is 17.2 Å². The van der Waals surface area contributed by atoms with Gasteiger partial charge in [0.25, 0.3) is 0 Å². The van der Waals surface area contributed by atoms with Crippen LogP contribution in [0.3, 0.4) is 0 Å². The molecule has 0 saturated heterocycles. The third kappa shape index (κ3) is 3.66. The van der Waals surface area contributed by atoms with Crippen molar-refractivity contribution >= 4 is 5.97 Å². The number of benzene rings is 2. The number of hydrogen-bond donors (Lipinski definition) is 2. The van der Waals surface area contributed by atoms with Gasteiger partial charge in [-0.05, 0) is 29.8 Å². The molecule has 0 bridgehead atoms. The highest BCUT2D eigenvalue weighted by Gasteiger charge is 2.23. The molecule has 0 fully saturated rings. The first-order valence-corrected chi connectivity index (χ1v) is 6.39. The van der Waals surface area contributed by atoms with E-state index in [-0.39, 0.29) is 23.9 Å². The van der Waals surface area contributed by atoms with Gasteiger partial charge in [-0.2, -0.15) is 0 Å². The van der Waals surface area contributed by atoms with Crippen molar-refractivity contribution in [3.63, 3.8) is 0 Å². The second-order valence-corrected chi connectivity index (χ2v) is 4.45. The van der Waals surface area contributed by atoms with Gasteiger partial charge in [-0.25, -0.2) is 0 Å². The molecule has 0 heterocycles. The Labute approximate surface area is 122 Å². The molecule has 21 heavy (non-hydrogen) atoms. The number of methoxy groups -OCH3 is 1. The smallest absolute Gasteiger partial charge is 0.316 e. The van der Waals surface area contributed by atoms with E-state index in [2.05, 4.69) is 0 Å². The highest BCUT2D eigenvalue weighted by Crippen LogP contribution is 2.27. The van der Waals surface area contributed by atoms with Crippen LogP contribution >= 0.6 is 0 Å². The van der Waals surface area contributed by atoms with Crippen LogP contribution in [0.2, 0.25) is 0 Å². The Morgan fingerprint density at radius 3 is 2.57 bits per heavy atom. The minimum absolute atomic E-state index is 0.00275. The lowest BCUT2D eigenvalue weighted by molar-refractivity contribution is -0.143. The van der Waals surface area contributed by atoms with E-state index in [1.165, 1.54) is 25.3 Å². The number of esters is 1. The molecule has 5 nitrogen and oxygen atoms in total. The molecular formula is C16H16O5. The lowest BCUT2D eigenvalue weighted by atomic mass is 10.00. The van der Waals surface area contributed by atoms with Gasteiger partial charge >= 0.3 is 5.97 Å². The van der Waals surface area contributed by atoms with E-state index in [0.29, 0.717) is 5.56 Å². The van der Waals surface area contributed by atoms with Gasteiger partial charge < -0.3 is 19.7 Å². The van der Waals surface area contributed by atoms with Crippen LogP contribution in [0.4, 0.5) is 0 Å². The number of aromatic hydroxyl groups is 2. The van der Waals surface area contributed by atoms with Gasteiger partial charge in [-0.3, -0.25) is 4.79 Å². The third-order valence-electron chi connectivity index (χ3n) is 3.03. The molecule has 0 saturated carbocycles. The van der Waals surface area contributed by atoms with Gasteiger partial charge in [0.2, 0.25) is 0 Å². The van der Waals surface area contributed by atoms with E-state index in [1.54, 1.807) is 30.3 Å². The first-order chi connectivity index (χ1) is 10.1. The Balaban J connectivity index is 2.18. The summed E-state index contributed by atoms with van der Waals surface area (Å²) in [7, 11) is 1.29. The lowest BCUT2D eigenvalue weighted by Crippen LogP contribution is -2.21. The van der Waals surface area contributed by atoms with Gasteiger partial charge in [0.1, 0.15) is 18.3 Å². The highest BCUT2D eigenvalue weighted by atomic mass is 16.5. The summed E-state index contributed by atoms with van der Waals surface area (Å²) in [6, 6.07) is 12.8. The fourth-order valence-corrected chi connectivity index (χ4v) is 1.94. The van der Waals surface area contributed by atoms with Crippen LogP contribution < -0.4 is 4.74 Å². The van der Waals surface area contributed by atoms with Crippen molar-refractivity contribution in [1.29, 1.82) is 0 Å². The second kappa shape index (κ2) is 6.65. The summed E-state index contributed by atoms with van der Waals surface area (Å²) in [4.78, 5) is 11.9. The number of carbonyl (C=O) groups excluding carboxylic acids is 1. The van der Waals surface area contributed by atoms with Crippen molar-refractivity contribution in [1.82, 2.24) is 0 Å². The van der Waals surface area contributed by atoms with Crippen molar-refractivity contribution in [3.05, 3.63) is 54.1 Å². The van der Waals surface area contributed by atoms with E-state index in [0.717, 1.165) is 0 Å². The zero-order valence-electron chi connectivity index (χ0n) is 11.5. The Morgan fingerprint density at radius 1 is 1.14 bits per heavy atom. The highest BCUT2D eigenvalue weighted by molar-refractivity contribution is 5.78. The third-order valence-corrected chi connectivity index (χ3v) is 3.03. The maximum absolute atomic E-state index is 11.9. The van der Waals surface area contributed by atoms with E-state index in [1.807, 2.05) is 0 Å². The molecular weight excluding hydrogens is 272 g/mol. The largest absolute Gasteiger partial charge is 0.508 e. The van der Waals surface area contributed by atoms with Crippen LogP contribution in [0, 0.1) is 0 Å². The number of phenols is 2. The van der Waals surface area contributed by atoms with Gasteiger partial charge in [0.15, 0.2) is 11.5 Å². The summed E-state index contributed by atoms with van der Waals surface area (Å²) in [6.45, 7) is -0.00625. The molecule has 110 valence electrons. The molecule has 1 unspecified atom stereocenters. The molecule has 5 heteroatoms. The van der Waals surface area contributed by atoms with Crippen LogP contribution in [-0.4, -0.2) is 29.9 Å². The van der Waals surface area contributed by atoms with E-state index < -0.39 is 11.9 Å². The van der Waals surface area contributed by atoms with E-state index >= 15 is 0 Å². The molecule has 0 aromatic heterocycles. The number of carbonyl (C=O) groups is 1. The zero-order chi connectivity index (χ0) is 15.2. The van der Waals surface area contributed by atoms with Crippen molar-refractivity contribution in [2.24, 2.45) is 0 Å². The number of para-hydroxylation sites is 2. The summed E-state index contributed by atoms with van der Waals surface area (Å²) < 4.78 is 10.2. The molecule has 0 spiro atoms. The standard InChI is InChI=1S/C16H16O5/c1-20-16(19)13(11-5-4-6-12(17)9-11)10-21-15-8-3-2-7-14(15)18/h2-9,13,17-18H,10H2,1H3. The Bertz CT molecular complexity index is 624. The van der Waals surface area contributed by atoms with Crippen molar-refractivity contribution in [3.8, 4) is 17.2 Å². The molecule has 2 N–H and O–H groups in total. The van der Waals surface area contributed by atoms with E-state index in [4.69, 9.17) is 9.47 Å². The maximum atomic E-state index is 11.9. The summed E-state index contributed by atoms with van der Waals surface area (Å²) in [5.41, 5.74) is 0.581. The first-order valence-electron chi connectivity index (χ1n) is 6.39. The predicted molar refractivity (Wildman–Crippen MR) is 76.5 cm³/mol. The Hall–Kier alpha value is -2.69.